The lowest BCUT2D eigenvalue weighted by molar-refractivity contribution is 0.174. The predicted molar refractivity (Wildman–Crippen MR) is 173 cm³/mol. The fourth-order valence-corrected chi connectivity index (χ4v) is 9.29. The van der Waals surface area contributed by atoms with Crippen LogP contribution in [-0.4, -0.2) is 27.1 Å². The second-order valence-corrected chi connectivity index (χ2v) is 15.6. The quantitative estimate of drug-likeness (QED) is 0.199. The molecule has 0 unspecified atom stereocenters. The minimum Gasteiger partial charge on any atom is -0.454 e. The highest BCUT2D eigenvalue weighted by Crippen LogP contribution is 2.45. The first-order chi connectivity index (χ1) is 19.8. The molecule has 0 fully saturated rings. The van der Waals surface area contributed by atoms with Crippen LogP contribution in [0.3, 0.4) is 0 Å². The highest BCUT2D eigenvalue weighted by molar-refractivity contribution is 7.84. The third-order valence-corrected chi connectivity index (χ3v) is 11.6. The van der Waals surface area contributed by atoms with Crippen molar-refractivity contribution in [3.63, 3.8) is 0 Å². The normalized spacial score (nSPS) is 14.5. The lowest BCUT2D eigenvalue weighted by Gasteiger charge is -2.35. The molecule has 1 heterocycles. The number of hydrogen-bond donors (Lipinski definition) is 0. The summed E-state index contributed by atoms with van der Waals surface area (Å²) < 4.78 is 27.6. The second kappa shape index (κ2) is 11.4. The summed E-state index contributed by atoms with van der Waals surface area (Å²) in [6.07, 6.45) is 0. The largest absolute Gasteiger partial charge is 0.454 e. The Balaban J connectivity index is 1.67. The number of rotatable bonds is 7. The molecule has 0 aliphatic carbocycles. The van der Waals surface area contributed by atoms with E-state index in [1.54, 1.807) is 0 Å². The molecule has 6 heteroatoms. The highest BCUT2D eigenvalue weighted by Gasteiger charge is 2.36. The van der Waals surface area contributed by atoms with Crippen molar-refractivity contribution in [2.75, 3.05) is 13.8 Å². The van der Waals surface area contributed by atoms with Gasteiger partial charge in [0.05, 0.1) is 10.8 Å². The van der Waals surface area contributed by atoms with E-state index >= 15 is 0 Å². The van der Waals surface area contributed by atoms with E-state index in [9.17, 15) is 4.21 Å². The molecule has 0 N–H and O–H groups in total. The van der Waals surface area contributed by atoms with Gasteiger partial charge in [0.15, 0.2) is 11.5 Å². The topological polar surface area (TPSA) is 38.8 Å². The van der Waals surface area contributed by atoms with Crippen LogP contribution in [0.4, 0.5) is 0 Å². The number of hydrogen-bond acceptors (Lipinski definition) is 3. The first-order valence-electron chi connectivity index (χ1n) is 13.8. The van der Waals surface area contributed by atoms with Gasteiger partial charge in [0.25, 0.3) is 0 Å². The van der Waals surface area contributed by atoms with Gasteiger partial charge in [0.2, 0.25) is 6.79 Å². The third kappa shape index (κ3) is 5.42. The summed E-state index contributed by atoms with van der Waals surface area (Å²) in [4.78, 5) is 0. The van der Waals surface area contributed by atoms with E-state index in [0.717, 1.165) is 38.7 Å². The van der Waals surface area contributed by atoms with Crippen LogP contribution in [0.25, 0.3) is 10.8 Å². The molecule has 5 aromatic rings. The van der Waals surface area contributed by atoms with Crippen LogP contribution in [-0.2, 0) is 11.0 Å². The number of ether oxygens (including phenoxy) is 2. The van der Waals surface area contributed by atoms with Gasteiger partial charge in [0.1, 0.15) is 11.0 Å². The molecule has 0 amide bonds. The first-order valence-corrected chi connectivity index (χ1v) is 16.2. The van der Waals surface area contributed by atoms with Gasteiger partial charge in [-0.2, -0.15) is 0 Å². The van der Waals surface area contributed by atoms with Gasteiger partial charge in [-0.05, 0) is 78.6 Å². The summed E-state index contributed by atoms with van der Waals surface area (Å²) in [6.45, 7) is 6.28. The zero-order valence-electron chi connectivity index (χ0n) is 23.8. The maximum Gasteiger partial charge on any atom is 0.231 e. The fraction of sp³-hybridized carbons (Fsp3) is 0.200. The number of nitrogens with zero attached hydrogens (tertiary/aromatic N) is 1. The van der Waals surface area contributed by atoms with E-state index in [0.29, 0.717) is 0 Å². The fourth-order valence-electron chi connectivity index (χ4n) is 5.52. The summed E-state index contributed by atoms with van der Waals surface area (Å²) >= 11 is 0. The molecule has 0 aromatic heterocycles. The molecule has 208 valence electrons. The summed E-state index contributed by atoms with van der Waals surface area (Å²) in [5.74, 6) is 1.47. The summed E-state index contributed by atoms with van der Waals surface area (Å²) in [6, 6.07) is 40.2. The van der Waals surface area contributed by atoms with Gasteiger partial charge in [-0.3, -0.25) is 0 Å². The van der Waals surface area contributed by atoms with Crippen LogP contribution in [0.15, 0.2) is 115 Å². The summed E-state index contributed by atoms with van der Waals surface area (Å²) in [5, 5.41) is 5.94. The van der Waals surface area contributed by atoms with E-state index in [2.05, 4.69) is 115 Å². The molecular weight excluding hydrogens is 545 g/mol. The van der Waals surface area contributed by atoms with Crippen LogP contribution in [0, 0.1) is 0 Å². The van der Waals surface area contributed by atoms with Gasteiger partial charge in [-0.1, -0.05) is 103 Å². The van der Waals surface area contributed by atoms with E-state index < -0.39 is 23.7 Å². The van der Waals surface area contributed by atoms with Gasteiger partial charge in [0, 0.05) is 7.05 Å². The highest BCUT2D eigenvalue weighted by atomic mass is 32.2. The van der Waals surface area contributed by atoms with Gasteiger partial charge >= 0.3 is 0 Å². The average molecular weight is 580 g/mol. The van der Waals surface area contributed by atoms with Crippen molar-refractivity contribution in [1.82, 2.24) is 4.31 Å². The minimum atomic E-state index is -1.30. The lowest BCUT2D eigenvalue weighted by Crippen LogP contribution is -2.39. The number of fused-ring (bicyclic) bond motifs is 2. The molecule has 0 radical (unpaired) electrons. The predicted octanol–water partition coefficient (Wildman–Crippen LogP) is 6.81. The molecule has 41 heavy (non-hydrogen) atoms. The van der Waals surface area contributed by atoms with Crippen LogP contribution in [0.2, 0.25) is 0 Å². The maximum absolute atomic E-state index is 14.1. The monoisotopic (exact) mass is 579 g/mol. The van der Waals surface area contributed by atoms with E-state index in [4.69, 9.17) is 9.47 Å². The average Bonchev–Trinajstić information content (AvgIpc) is 3.45. The van der Waals surface area contributed by atoms with E-state index in [1.165, 1.54) is 10.6 Å². The van der Waals surface area contributed by atoms with Crippen molar-refractivity contribution in [2.24, 2.45) is 0 Å². The molecule has 0 saturated carbocycles. The van der Waals surface area contributed by atoms with Crippen molar-refractivity contribution in [3.8, 4) is 11.5 Å². The first kappa shape index (κ1) is 27.7. The second-order valence-electron chi connectivity index (χ2n) is 11.1. The number of benzene rings is 5. The van der Waals surface area contributed by atoms with Crippen molar-refractivity contribution in [3.05, 3.63) is 126 Å². The Morgan fingerprint density at radius 1 is 0.732 bits per heavy atom. The molecule has 1 aliphatic rings. The third-order valence-electron chi connectivity index (χ3n) is 7.35. The van der Waals surface area contributed by atoms with Crippen LogP contribution < -0.4 is 25.4 Å². The molecule has 6 rings (SSSR count). The van der Waals surface area contributed by atoms with Gasteiger partial charge in [-0.15, -0.1) is 0 Å². The van der Waals surface area contributed by atoms with Crippen LogP contribution >= 0.6 is 7.92 Å². The Morgan fingerprint density at radius 3 is 1.93 bits per heavy atom. The van der Waals surface area contributed by atoms with Crippen molar-refractivity contribution in [1.29, 1.82) is 0 Å². The van der Waals surface area contributed by atoms with E-state index in [1.807, 2.05) is 32.1 Å². The Bertz CT molecular complexity index is 1660. The molecule has 0 saturated heterocycles. The molecular formula is C35H34NO3PS. The Hall–Kier alpha value is -3.50. The molecule has 2 atom stereocenters. The van der Waals surface area contributed by atoms with Crippen molar-refractivity contribution >= 4 is 45.6 Å². The smallest absolute Gasteiger partial charge is 0.231 e. The molecule has 4 nitrogen and oxygen atoms in total. The van der Waals surface area contributed by atoms with Crippen LogP contribution in [0.1, 0.15) is 37.9 Å². The van der Waals surface area contributed by atoms with Crippen molar-refractivity contribution < 1.29 is 13.7 Å². The Kier molecular flexibility index (Phi) is 7.70. The Morgan fingerprint density at radius 2 is 1.29 bits per heavy atom. The SMILES string of the molecule is CN([C@@H](c1cc2c(cc1P(c1ccccc1)c1ccccc1)OCO2)c1cccc2ccccc12)[S@@](=O)C(C)(C)C. The van der Waals surface area contributed by atoms with Crippen LogP contribution in [0.5, 0.6) is 11.5 Å². The molecule has 0 spiro atoms. The minimum absolute atomic E-state index is 0.190. The van der Waals surface area contributed by atoms with Gasteiger partial charge in [-0.25, -0.2) is 8.51 Å². The molecule has 5 aromatic carbocycles. The summed E-state index contributed by atoms with van der Waals surface area (Å²) in [5.41, 5.74) is 2.18. The molecule has 1 aliphatic heterocycles. The zero-order chi connectivity index (χ0) is 28.6. The van der Waals surface area contributed by atoms with Gasteiger partial charge < -0.3 is 9.47 Å². The Labute approximate surface area is 246 Å². The zero-order valence-corrected chi connectivity index (χ0v) is 25.5. The maximum atomic E-state index is 14.1. The lowest BCUT2D eigenvalue weighted by atomic mass is 9.93. The van der Waals surface area contributed by atoms with E-state index in [-0.39, 0.29) is 12.8 Å². The van der Waals surface area contributed by atoms with Crippen molar-refractivity contribution in [2.45, 2.75) is 31.6 Å². The standard InChI is InChI=1S/C35H34NO3PS/c1-35(2,3)41(37)36(4)34(29-21-13-15-25-14-11-12-20-28(25)29)30-22-31-32(39-24-38-31)23-33(30)40(26-16-7-5-8-17-26)27-18-9-6-10-19-27/h5-23,34H,24H2,1-4H3/t34-,41+/m1/s1. The molecule has 0 bridgehead atoms. The summed E-state index contributed by atoms with van der Waals surface area (Å²) in [7, 11) is -0.287.